The van der Waals surface area contributed by atoms with Crippen LogP contribution in [0.3, 0.4) is 0 Å². The van der Waals surface area contributed by atoms with E-state index in [2.05, 4.69) is 38.2 Å². The second-order valence-corrected chi connectivity index (χ2v) is 9.02. The molecule has 1 amide bonds. The lowest BCUT2D eigenvalue weighted by Gasteiger charge is -2.22. The van der Waals surface area contributed by atoms with Gasteiger partial charge in [-0.25, -0.2) is 4.98 Å². The predicted molar refractivity (Wildman–Crippen MR) is 146 cm³/mol. The number of benzene rings is 3. The van der Waals surface area contributed by atoms with Crippen LogP contribution in [0.2, 0.25) is 0 Å². The summed E-state index contributed by atoms with van der Waals surface area (Å²) in [7, 11) is 1.67. The Balaban J connectivity index is 1.82. The molecule has 0 aliphatic rings. The summed E-state index contributed by atoms with van der Waals surface area (Å²) >= 11 is 0. The molecule has 5 heteroatoms. The Hall–Kier alpha value is -3.86. The number of para-hydroxylation sites is 1. The maximum Gasteiger partial charge on any atom is 0.270 e. The highest BCUT2D eigenvalue weighted by Crippen LogP contribution is 2.32. The predicted octanol–water partition coefficient (Wildman–Crippen LogP) is 7.22. The van der Waals surface area contributed by atoms with Crippen molar-refractivity contribution < 1.29 is 9.53 Å². The van der Waals surface area contributed by atoms with Crippen molar-refractivity contribution in [2.24, 2.45) is 0 Å². The van der Waals surface area contributed by atoms with Crippen LogP contribution in [0, 0.1) is 6.92 Å². The quantitative estimate of drug-likeness (QED) is 0.260. The molecule has 1 atom stereocenters. The fraction of sp³-hybridized carbons (Fsp3) is 0.290. The van der Waals surface area contributed by atoms with Crippen LogP contribution in [-0.4, -0.2) is 22.6 Å². The van der Waals surface area contributed by atoms with Crippen LogP contribution in [0.1, 0.15) is 60.8 Å². The molecule has 0 aliphatic heterocycles. The third-order valence-electron chi connectivity index (χ3n) is 6.52. The van der Waals surface area contributed by atoms with Crippen molar-refractivity contribution in [3.63, 3.8) is 0 Å². The number of amides is 1. The summed E-state index contributed by atoms with van der Waals surface area (Å²) in [5, 5.41) is 3.34. The van der Waals surface area contributed by atoms with E-state index in [-0.39, 0.29) is 11.9 Å². The molecule has 1 aromatic heterocycles. The van der Waals surface area contributed by atoms with Gasteiger partial charge in [-0.1, -0.05) is 98.1 Å². The topological polar surface area (TPSA) is 56.2 Å². The van der Waals surface area contributed by atoms with E-state index in [4.69, 9.17) is 9.72 Å². The largest absolute Gasteiger partial charge is 0.496 e. The van der Waals surface area contributed by atoms with Gasteiger partial charge in [-0.05, 0) is 26.3 Å². The maximum absolute atomic E-state index is 14.1. The molecule has 1 heterocycles. The smallest absolute Gasteiger partial charge is 0.270 e. The molecular weight excluding hydrogens is 446 g/mol. The number of hydrogen-bond donors (Lipinski definition) is 1. The molecule has 5 nitrogen and oxygen atoms in total. The SMILES string of the molecule is CCCCC(NC(=O)c1c(-c2ccc(C)cc2)nc(-c2ccccc2)n1CC)c1ccccc1OC. The van der Waals surface area contributed by atoms with E-state index in [1.807, 2.05) is 71.3 Å². The van der Waals surface area contributed by atoms with E-state index in [0.29, 0.717) is 17.9 Å². The highest BCUT2D eigenvalue weighted by Gasteiger charge is 2.27. The Labute approximate surface area is 214 Å². The van der Waals surface area contributed by atoms with Gasteiger partial charge in [0.1, 0.15) is 23.0 Å². The zero-order chi connectivity index (χ0) is 25.5. The number of nitrogens with one attached hydrogen (secondary N) is 1. The second-order valence-electron chi connectivity index (χ2n) is 9.02. The monoisotopic (exact) mass is 481 g/mol. The number of hydrogen-bond acceptors (Lipinski definition) is 3. The number of aromatic nitrogens is 2. The molecule has 0 radical (unpaired) electrons. The molecule has 1 N–H and O–H groups in total. The van der Waals surface area contributed by atoms with Crippen molar-refractivity contribution >= 4 is 5.91 Å². The van der Waals surface area contributed by atoms with Crippen molar-refractivity contribution in [1.82, 2.24) is 14.9 Å². The van der Waals surface area contributed by atoms with Crippen LogP contribution in [-0.2, 0) is 6.54 Å². The van der Waals surface area contributed by atoms with Crippen LogP contribution < -0.4 is 10.1 Å². The molecule has 0 bridgehead atoms. The highest BCUT2D eigenvalue weighted by molar-refractivity contribution is 6.00. The van der Waals surface area contributed by atoms with Crippen LogP contribution in [0.5, 0.6) is 5.75 Å². The summed E-state index contributed by atoms with van der Waals surface area (Å²) in [6.07, 6.45) is 2.87. The van der Waals surface area contributed by atoms with Gasteiger partial charge >= 0.3 is 0 Å². The normalized spacial score (nSPS) is 11.8. The third-order valence-corrected chi connectivity index (χ3v) is 6.52. The van der Waals surface area contributed by atoms with Gasteiger partial charge in [0.05, 0.1) is 13.2 Å². The molecule has 3 aromatic carbocycles. The molecule has 186 valence electrons. The molecule has 4 aromatic rings. The second kappa shape index (κ2) is 11.7. The van der Waals surface area contributed by atoms with Gasteiger partial charge in [0.2, 0.25) is 0 Å². The number of imidazole rings is 1. The average Bonchev–Trinajstić information content (AvgIpc) is 3.31. The molecule has 0 spiro atoms. The van der Waals surface area contributed by atoms with Crippen molar-refractivity contribution in [1.29, 1.82) is 0 Å². The summed E-state index contributed by atoms with van der Waals surface area (Å²) in [5.74, 6) is 1.45. The van der Waals surface area contributed by atoms with Gasteiger partial charge in [-0.2, -0.15) is 0 Å². The Bertz CT molecular complexity index is 1290. The highest BCUT2D eigenvalue weighted by atomic mass is 16.5. The number of rotatable bonds is 10. The van der Waals surface area contributed by atoms with Gasteiger partial charge in [-0.3, -0.25) is 4.79 Å². The first-order chi connectivity index (χ1) is 17.6. The average molecular weight is 482 g/mol. The van der Waals surface area contributed by atoms with Crippen LogP contribution in [0.15, 0.2) is 78.9 Å². The number of unbranched alkanes of at least 4 members (excludes halogenated alkanes) is 1. The van der Waals surface area contributed by atoms with Crippen molar-refractivity contribution in [3.8, 4) is 28.4 Å². The van der Waals surface area contributed by atoms with Crippen LogP contribution in [0.4, 0.5) is 0 Å². The minimum absolute atomic E-state index is 0.130. The molecule has 1 unspecified atom stereocenters. The fourth-order valence-corrected chi connectivity index (χ4v) is 4.61. The summed E-state index contributed by atoms with van der Waals surface area (Å²) < 4.78 is 7.66. The third kappa shape index (κ3) is 5.35. The molecule has 4 rings (SSSR count). The number of carbonyl (C=O) groups is 1. The van der Waals surface area contributed by atoms with E-state index in [9.17, 15) is 4.79 Å². The first-order valence-electron chi connectivity index (χ1n) is 12.7. The molecule has 0 fully saturated rings. The lowest BCUT2D eigenvalue weighted by molar-refractivity contribution is 0.0925. The van der Waals surface area contributed by atoms with Gasteiger partial charge in [-0.15, -0.1) is 0 Å². The standard InChI is InChI=1S/C31H35N3O2/c1-5-7-16-26(25-15-11-12-17-27(25)36-4)32-31(35)29-28(23-20-18-22(3)19-21-23)33-30(34(29)6-2)24-13-9-8-10-14-24/h8-15,17-21,26H,5-7,16H2,1-4H3,(H,32,35). The minimum atomic E-state index is -0.167. The summed E-state index contributed by atoms with van der Waals surface area (Å²) in [5.41, 5.74) is 5.35. The number of methoxy groups -OCH3 is 1. The van der Waals surface area contributed by atoms with Gasteiger partial charge in [0.15, 0.2) is 0 Å². The van der Waals surface area contributed by atoms with Crippen molar-refractivity contribution in [3.05, 3.63) is 95.7 Å². The van der Waals surface area contributed by atoms with E-state index in [1.54, 1.807) is 7.11 Å². The van der Waals surface area contributed by atoms with E-state index in [1.165, 1.54) is 5.56 Å². The van der Waals surface area contributed by atoms with E-state index in [0.717, 1.165) is 47.5 Å². The van der Waals surface area contributed by atoms with E-state index < -0.39 is 0 Å². The van der Waals surface area contributed by atoms with Gasteiger partial charge in [0.25, 0.3) is 5.91 Å². The van der Waals surface area contributed by atoms with Crippen LogP contribution in [0.25, 0.3) is 22.6 Å². The van der Waals surface area contributed by atoms with Crippen molar-refractivity contribution in [2.75, 3.05) is 7.11 Å². The molecule has 0 saturated carbocycles. The number of aryl methyl sites for hydroxylation is 1. The summed E-state index contributed by atoms with van der Waals surface area (Å²) in [4.78, 5) is 19.1. The maximum atomic E-state index is 14.1. The number of ether oxygens (including phenoxy) is 1. The minimum Gasteiger partial charge on any atom is -0.496 e. The summed E-state index contributed by atoms with van der Waals surface area (Å²) in [6.45, 7) is 6.90. The molecule has 0 saturated heterocycles. The zero-order valence-electron chi connectivity index (χ0n) is 21.6. The van der Waals surface area contributed by atoms with Crippen LogP contribution >= 0.6 is 0 Å². The molecule has 0 aliphatic carbocycles. The lowest BCUT2D eigenvalue weighted by atomic mass is 9.99. The Morgan fingerprint density at radius 1 is 0.944 bits per heavy atom. The Morgan fingerprint density at radius 2 is 1.64 bits per heavy atom. The Kier molecular flexibility index (Phi) is 8.21. The molecular formula is C31H35N3O2. The van der Waals surface area contributed by atoms with Gasteiger partial charge < -0.3 is 14.6 Å². The van der Waals surface area contributed by atoms with Gasteiger partial charge in [0, 0.05) is 23.2 Å². The number of nitrogens with zero attached hydrogens (tertiary/aromatic N) is 2. The van der Waals surface area contributed by atoms with Crippen molar-refractivity contribution in [2.45, 2.75) is 52.6 Å². The fourth-order valence-electron chi connectivity index (χ4n) is 4.61. The number of carbonyl (C=O) groups excluding carboxylic acids is 1. The summed E-state index contributed by atoms with van der Waals surface area (Å²) in [6, 6.07) is 26.0. The Morgan fingerprint density at radius 3 is 2.31 bits per heavy atom. The zero-order valence-corrected chi connectivity index (χ0v) is 21.6. The molecule has 36 heavy (non-hydrogen) atoms. The first kappa shape index (κ1) is 25.2. The first-order valence-corrected chi connectivity index (χ1v) is 12.7. The lowest BCUT2D eigenvalue weighted by Crippen LogP contribution is -2.31. The van der Waals surface area contributed by atoms with E-state index >= 15 is 0 Å².